The molecule has 1 aliphatic heterocycles. The fourth-order valence-electron chi connectivity index (χ4n) is 4.10. The minimum atomic E-state index is -5.08. The molecule has 14 nitrogen and oxygen atoms in total. The molecule has 0 unspecified atom stereocenters. The number of morpholine rings is 1. The lowest BCUT2D eigenvalue weighted by Crippen LogP contribution is -2.46. The zero-order valence-corrected chi connectivity index (χ0v) is 23.9. The Balaban J connectivity index is 0.000000566. The first-order chi connectivity index (χ1) is 21.0. The van der Waals surface area contributed by atoms with Gasteiger partial charge in [0.2, 0.25) is 17.8 Å². The molecule has 0 aliphatic carbocycles. The van der Waals surface area contributed by atoms with Crippen LogP contribution in [0.4, 0.5) is 25.1 Å². The minimum absolute atomic E-state index is 0.173. The summed E-state index contributed by atoms with van der Waals surface area (Å²) in [5.41, 5.74) is 5.28. The summed E-state index contributed by atoms with van der Waals surface area (Å²) in [6.45, 7) is 6.16. The minimum Gasteiger partial charge on any atom is -0.493 e. The maximum absolute atomic E-state index is 10.6. The van der Waals surface area contributed by atoms with E-state index in [1.165, 1.54) is 0 Å². The number of alkyl halides is 3. The van der Waals surface area contributed by atoms with Crippen LogP contribution in [-0.2, 0) is 9.53 Å². The quantitative estimate of drug-likeness (QED) is 0.201. The first-order valence-electron chi connectivity index (χ1n) is 13.2. The van der Waals surface area contributed by atoms with Crippen LogP contribution in [-0.4, -0.2) is 101 Å². The predicted molar refractivity (Wildman–Crippen MR) is 151 cm³/mol. The molecule has 0 bridgehead atoms. The number of carbonyl (C=O) groups is 1. The molecule has 2 aromatic heterocycles. The van der Waals surface area contributed by atoms with Gasteiger partial charge in [-0.05, 0) is 31.2 Å². The summed E-state index contributed by atoms with van der Waals surface area (Å²) in [5.74, 6) is -0.679. The van der Waals surface area contributed by atoms with Crippen LogP contribution in [0.1, 0.15) is 5.69 Å². The maximum atomic E-state index is 10.6. The molecular weight excluding hydrogens is 591 g/mol. The van der Waals surface area contributed by atoms with Crippen LogP contribution in [0.2, 0.25) is 0 Å². The summed E-state index contributed by atoms with van der Waals surface area (Å²) in [5, 5.41) is 24.2. The standard InChI is InChI=1S/C25H29N7O5.C2HF3O2/c1-15-17-13-21(34-2)22(35-3)14-20(17)29-24(27-15)31-25-28-19-5-4-16(12-18(19)23(33)30-25)37-9-6-26-32-7-10-36-11-8-32;3-2(4,5)1(6)7/h4-5,12-14,26H,6-11H2,1-3H3,(H2,27,28,29,30,31,33);(H,6,7). The van der Waals surface area contributed by atoms with E-state index in [4.69, 9.17) is 28.8 Å². The van der Waals surface area contributed by atoms with Gasteiger partial charge in [0.15, 0.2) is 11.5 Å². The van der Waals surface area contributed by atoms with E-state index in [2.05, 4.69) is 35.7 Å². The molecule has 0 spiro atoms. The van der Waals surface area contributed by atoms with Crippen molar-refractivity contribution in [1.82, 2.24) is 30.4 Å². The Morgan fingerprint density at radius 3 is 2.27 bits per heavy atom. The summed E-state index contributed by atoms with van der Waals surface area (Å²) in [6.07, 6.45) is -5.08. The fraction of sp³-hybridized carbons (Fsp3) is 0.370. The van der Waals surface area contributed by atoms with E-state index in [0.717, 1.165) is 37.4 Å². The Bertz CT molecular complexity index is 1620. The Morgan fingerprint density at radius 1 is 0.977 bits per heavy atom. The van der Waals surface area contributed by atoms with Crippen LogP contribution >= 0.6 is 0 Å². The second-order valence-corrected chi connectivity index (χ2v) is 9.19. The Morgan fingerprint density at radius 2 is 1.61 bits per heavy atom. The van der Waals surface area contributed by atoms with Crippen molar-refractivity contribution in [3.8, 4) is 23.1 Å². The predicted octanol–water partition coefficient (Wildman–Crippen LogP) is 3.20. The SMILES string of the molecule is COc1cc2nc(Nc3nc(O)c4cc(OCCNN5CCOCC5)ccc4n3)nc(C)c2cc1OC.O=C(O)C(F)(F)F. The topological polar surface area (TPSA) is 173 Å². The van der Waals surface area contributed by atoms with Crippen LogP contribution in [0.15, 0.2) is 30.3 Å². The molecule has 236 valence electrons. The number of benzene rings is 2. The average molecular weight is 622 g/mol. The highest BCUT2D eigenvalue weighted by Crippen LogP contribution is 2.33. The molecule has 1 saturated heterocycles. The van der Waals surface area contributed by atoms with Gasteiger partial charge in [0.25, 0.3) is 0 Å². The molecule has 0 amide bonds. The van der Waals surface area contributed by atoms with Gasteiger partial charge in [-0.25, -0.2) is 24.8 Å². The number of aryl methyl sites for hydroxylation is 1. The highest BCUT2D eigenvalue weighted by molar-refractivity contribution is 5.87. The van der Waals surface area contributed by atoms with E-state index in [-0.39, 0.29) is 11.8 Å². The van der Waals surface area contributed by atoms with E-state index in [1.807, 2.05) is 19.1 Å². The second-order valence-electron chi connectivity index (χ2n) is 9.19. The number of hydrogen-bond acceptors (Lipinski definition) is 13. The van der Waals surface area contributed by atoms with Gasteiger partial charge in [-0.15, -0.1) is 0 Å². The van der Waals surface area contributed by atoms with Crippen LogP contribution in [0, 0.1) is 6.92 Å². The molecule has 3 heterocycles. The van der Waals surface area contributed by atoms with Crippen molar-refractivity contribution in [1.29, 1.82) is 0 Å². The third kappa shape index (κ3) is 8.21. The molecule has 17 heteroatoms. The fourth-order valence-corrected chi connectivity index (χ4v) is 4.10. The van der Waals surface area contributed by atoms with Crippen molar-refractivity contribution in [3.63, 3.8) is 0 Å². The van der Waals surface area contributed by atoms with Crippen LogP contribution in [0.25, 0.3) is 21.8 Å². The number of ether oxygens (including phenoxy) is 4. The van der Waals surface area contributed by atoms with E-state index in [9.17, 15) is 18.3 Å². The Hall–Kier alpha value is -4.74. The smallest absolute Gasteiger partial charge is 0.490 e. The number of halogens is 3. The third-order valence-corrected chi connectivity index (χ3v) is 6.22. The number of nitrogens with one attached hydrogen (secondary N) is 2. The van der Waals surface area contributed by atoms with Crippen molar-refractivity contribution in [2.24, 2.45) is 0 Å². The van der Waals surface area contributed by atoms with Crippen molar-refractivity contribution in [2.45, 2.75) is 13.1 Å². The van der Waals surface area contributed by atoms with Gasteiger partial charge in [0.1, 0.15) is 12.4 Å². The van der Waals surface area contributed by atoms with E-state index >= 15 is 0 Å². The van der Waals surface area contributed by atoms with Gasteiger partial charge in [-0.2, -0.15) is 18.2 Å². The first-order valence-corrected chi connectivity index (χ1v) is 13.2. The number of carboxylic acids is 1. The molecular formula is C27H30F3N7O7. The number of nitrogens with zero attached hydrogens (tertiary/aromatic N) is 5. The van der Waals surface area contributed by atoms with Crippen molar-refractivity contribution in [2.75, 3.05) is 59.0 Å². The summed E-state index contributed by atoms with van der Waals surface area (Å²) >= 11 is 0. The molecule has 4 aromatic rings. The Labute approximate surface area is 248 Å². The van der Waals surface area contributed by atoms with Crippen LogP contribution in [0.5, 0.6) is 23.1 Å². The zero-order valence-electron chi connectivity index (χ0n) is 23.9. The number of carboxylic acid groups (broad SMARTS) is 1. The van der Waals surface area contributed by atoms with E-state index < -0.39 is 12.1 Å². The number of fused-ring (bicyclic) bond motifs is 2. The number of hydrazine groups is 1. The monoisotopic (exact) mass is 621 g/mol. The number of aliphatic carboxylic acids is 1. The number of aromatic hydroxyl groups is 1. The maximum Gasteiger partial charge on any atom is 0.490 e. The number of rotatable bonds is 9. The summed E-state index contributed by atoms with van der Waals surface area (Å²) < 4.78 is 53.7. The molecule has 1 fully saturated rings. The van der Waals surface area contributed by atoms with Gasteiger partial charge in [-0.3, -0.25) is 10.7 Å². The molecule has 0 atom stereocenters. The number of methoxy groups -OCH3 is 2. The normalized spacial score (nSPS) is 13.7. The van der Waals surface area contributed by atoms with Gasteiger partial charge in [-0.1, -0.05) is 0 Å². The molecule has 4 N–H and O–H groups in total. The van der Waals surface area contributed by atoms with Gasteiger partial charge in [0.05, 0.1) is 49.5 Å². The van der Waals surface area contributed by atoms with Gasteiger partial charge < -0.3 is 29.2 Å². The lowest BCUT2D eigenvalue weighted by atomic mass is 10.1. The number of anilines is 2. The molecule has 0 saturated carbocycles. The summed E-state index contributed by atoms with van der Waals surface area (Å²) in [7, 11) is 3.15. The molecule has 0 radical (unpaired) electrons. The zero-order chi connectivity index (χ0) is 31.9. The van der Waals surface area contributed by atoms with E-state index in [0.29, 0.717) is 52.8 Å². The van der Waals surface area contributed by atoms with Crippen molar-refractivity contribution >= 4 is 39.7 Å². The summed E-state index contributed by atoms with van der Waals surface area (Å²) in [6, 6.07) is 8.92. The van der Waals surface area contributed by atoms with Gasteiger partial charge in [0, 0.05) is 31.1 Å². The highest BCUT2D eigenvalue weighted by Gasteiger charge is 2.38. The second kappa shape index (κ2) is 14.2. The summed E-state index contributed by atoms with van der Waals surface area (Å²) in [4.78, 5) is 26.7. The molecule has 1 aliphatic rings. The van der Waals surface area contributed by atoms with Gasteiger partial charge >= 0.3 is 12.1 Å². The lowest BCUT2D eigenvalue weighted by Gasteiger charge is -2.27. The van der Waals surface area contributed by atoms with E-state index in [1.54, 1.807) is 32.4 Å². The highest BCUT2D eigenvalue weighted by atomic mass is 19.4. The third-order valence-electron chi connectivity index (χ3n) is 6.22. The molecule has 44 heavy (non-hydrogen) atoms. The largest absolute Gasteiger partial charge is 0.493 e. The van der Waals surface area contributed by atoms with Crippen molar-refractivity contribution in [3.05, 3.63) is 36.0 Å². The number of hydrogen-bond donors (Lipinski definition) is 4. The van der Waals surface area contributed by atoms with Crippen LogP contribution in [0.3, 0.4) is 0 Å². The van der Waals surface area contributed by atoms with Crippen LogP contribution < -0.4 is 25.0 Å². The Kier molecular flexibility index (Phi) is 10.4. The molecule has 5 rings (SSSR count). The first kappa shape index (κ1) is 32.2. The average Bonchev–Trinajstić information content (AvgIpc) is 2.99. The lowest BCUT2D eigenvalue weighted by molar-refractivity contribution is -0.192. The molecule has 2 aromatic carbocycles. The number of aromatic nitrogens is 4. The van der Waals surface area contributed by atoms with Crippen molar-refractivity contribution < 1.29 is 47.1 Å².